The molecule has 5 nitrogen and oxygen atoms in total. The highest BCUT2D eigenvalue weighted by atomic mass is 79.9. The molecule has 0 aromatic carbocycles. The van der Waals surface area contributed by atoms with Gasteiger partial charge in [-0.25, -0.2) is 9.67 Å². The van der Waals surface area contributed by atoms with Crippen molar-refractivity contribution in [1.82, 2.24) is 19.7 Å². The number of aryl methyl sites for hydroxylation is 1. The Kier molecular flexibility index (Phi) is 7.05. The molecule has 0 bridgehead atoms. The summed E-state index contributed by atoms with van der Waals surface area (Å²) in [5.41, 5.74) is 0.594. The van der Waals surface area contributed by atoms with Crippen LogP contribution in [0.4, 0.5) is 13.2 Å². The molecule has 2 rings (SSSR count). The number of halogens is 4. The fraction of sp³-hybridized carbons (Fsp3) is 0.500. The van der Waals surface area contributed by atoms with Gasteiger partial charge in [0.2, 0.25) is 0 Å². The van der Waals surface area contributed by atoms with E-state index in [-0.39, 0.29) is 13.2 Å². The van der Waals surface area contributed by atoms with Crippen molar-refractivity contribution in [2.75, 3.05) is 25.2 Å². The lowest BCUT2D eigenvalue weighted by molar-refractivity contribution is -0.174. The number of ether oxygens (including phenoxy) is 1. The van der Waals surface area contributed by atoms with Crippen molar-refractivity contribution in [2.45, 2.75) is 19.1 Å². The summed E-state index contributed by atoms with van der Waals surface area (Å²) >= 11 is 5.08. The van der Waals surface area contributed by atoms with Gasteiger partial charge in [0.05, 0.1) is 13.2 Å². The smallest absolute Gasteiger partial charge is 0.370 e. The van der Waals surface area contributed by atoms with Crippen molar-refractivity contribution in [2.24, 2.45) is 0 Å². The first kappa shape index (κ1) is 19.2. The van der Waals surface area contributed by atoms with Gasteiger partial charge in [0.1, 0.15) is 12.3 Å². The summed E-state index contributed by atoms with van der Waals surface area (Å²) in [6, 6.07) is 3.60. The van der Waals surface area contributed by atoms with Gasteiger partial charge in [-0.15, -0.1) is 0 Å². The highest BCUT2D eigenvalue weighted by molar-refractivity contribution is 9.10. The molecule has 0 aliphatic rings. The predicted molar refractivity (Wildman–Crippen MR) is 89.9 cm³/mol. The second-order valence-corrected chi connectivity index (χ2v) is 6.66. The first-order valence-corrected chi connectivity index (χ1v) is 9.27. The summed E-state index contributed by atoms with van der Waals surface area (Å²) in [7, 11) is 0. The average Bonchev–Trinajstić information content (AvgIpc) is 2.92. The molecule has 0 unspecified atom stereocenters. The lowest BCUT2D eigenvalue weighted by atomic mass is 10.3. The number of alkyl halides is 3. The molecule has 0 amide bonds. The SMILES string of the molecule is CSCCc1nc(-c2ncccc2Br)n(CCOCC(F)(F)F)n1. The number of hydrogen-bond donors (Lipinski definition) is 0. The predicted octanol–water partition coefficient (Wildman–Crippen LogP) is 3.59. The Labute approximate surface area is 150 Å². The Balaban J connectivity index is 2.15. The van der Waals surface area contributed by atoms with Crippen LogP contribution in [0.1, 0.15) is 5.82 Å². The number of aromatic nitrogens is 4. The van der Waals surface area contributed by atoms with Crippen LogP contribution < -0.4 is 0 Å². The minimum atomic E-state index is -4.33. The molecule has 0 N–H and O–H groups in total. The zero-order chi connectivity index (χ0) is 17.6. The van der Waals surface area contributed by atoms with Crippen LogP contribution in [-0.2, 0) is 17.7 Å². The molecule has 0 fully saturated rings. The van der Waals surface area contributed by atoms with E-state index in [9.17, 15) is 13.2 Å². The van der Waals surface area contributed by atoms with Crippen LogP contribution in [0.5, 0.6) is 0 Å². The topological polar surface area (TPSA) is 52.8 Å². The van der Waals surface area contributed by atoms with E-state index in [1.165, 1.54) is 0 Å². The first-order valence-electron chi connectivity index (χ1n) is 7.09. The van der Waals surface area contributed by atoms with Crippen LogP contribution in [0.25, 0.3) is 11.5 Å². The summed E-state index contributed by atoms with van der Waals surface area (Å²) in [6.07, 6.45) is -0.0488. The molecule has 0 saturated carbocycles. The average molecular weight is 425 g/mol. The molecule has 0 saturated heterocycles. The molecule has 0 spiro atoms. The van der Waals surface area contributed by atoms with Crippen molar-refractivity contribution in [3.05, 3.63) is 28.6 Å². The fourth-order valence-electron chi connectivity index (χ4n) is 1.91. The minimum absolute atomic E-state index is 0.109. The molecule has 0 radical (unpaired) electrons. The van der Waals surface area contributed by atoms with Crippen LogP contribution >= 0.6 is 27.7 Å². The lowest BCUT2D eigenvalue weighted by Gasteiger charge is -2.09. The monoisotopic (exact) mass is 424 g/mol. The van der Waals surface area contributed by atoms with E-state index in [0.717, 1.165) is 10.2 Å². The van der Waals surface area contributed by atoms with E-state index in [0.29, 0.717) is 23.8 Å². The van der Waals surface area contributed by atoms with E-state index in [2.05, 4.69) is 35.7 Å². The zero-order valence-corrected chi connectivity index (χ0v) is 15.3. The third-order valence-electron chi connectivity index (χ3n) is 2.93. The van der Waals surface area contributed by atoms with Gasteiger partial charge in [-0.3, -0.25) is 4.98 Å². The third kappa shape index (κ3) is 5.75. The van der Waals surface area contributed by atoms with Gasteiger partial charge in [0, 0.05) is 22.8 Å². The molecule has 2 heterocycles. The molecule has 10 heteroatoms. The molecule has 0 atom stereocenters. The molecule has 0 aliphatic heterocycles. The van der Waals surface area contributed by atoms with Gasteiger partial charge in [-0.2, -0.15) is 30.0 Å². The van der Waals surface area contributed by atoms with Crippen molar-refractivity contribution in [3.63, 3.8) is 0 Å². The summed E-state index contributed by atoms with van der Waals surface area (Å²) in [6.45, 7) is -1.22. The summed E-state index contributed by atoms with van der Waals surface area (Å²) in [5, 5.41) is 4.37. The Bertz CT molecular complexity index is 666. The maximum Gasteiger partial charge on any atom is 0.411 e. The van der Waals surface area contributed by atoms with Crippen molar-refractivity contribution in [1.29, 1.82) is 0 Å². The number of nitrogens with zero attached hydrogens (tertiary/aromatic N) is 4. The number of rotatable bonds is 8. The first-order chi connectivity index (χ1) is 11.4. The van der Waals surface area contributed by atoms with E-state index in [4.69, 9.17) is 0 Å². The molecule has 24 heavy (non-hydrogen) atoms. The minimum Gasteiger partial charge on any atom is -0.370 e. The van der Waals surface area contributed by atoms with E-state index in [1.54, 1.807) is 28.7 Å². The molecule has 0 aliphatic carbocycles. The van der Waals surface area contributed by atoms with Crippen molar-refractivity contribution < 1.29 is 17.9 Å². The number of pyridine rings is 1. The maximum absolute atomic E-state index is 12.1. The van der Waals surface area contributed by atoms with Crippen molar-refractivity contribution in [3.8, 4) is 11.5 Å². The van der Waals surface area contributed by atoms with E-state index < -0.39 is 12.8 Å². The van der Waals surface area contributed by atoms with Gasteiger partial charge in [-0.1, -0.05) is 0 Å². The van der Waals surface area contributed by atoms with Crippen molar-refractivity contribution >= 4 is 27.7 Å². The third-order valence-corrected chi connectivity index (χ3v) is 4.18. The van der Waals surface area contributed by atoms with Crippen LogP contribution in [0, 0.1) is 0 Å². The standard InChI is InChI=1S/C14H16BrF3N4OS/c1-24-8-4-11-20-13(12-10(15)3-2-5-19-12)22(21-11)6-7-23-9-14(16,17)18/h2-3,5H,4,6-9H2,1H3. The van der Waals surface area contributed by atoms with Crippen LogP contribution in [0.2, 0.25) is 0 Å². The normalized spacial score (nSPS) is 11.9. The number of thioether (sulfide) groups is 1. The summed E-state index contributed by atoms with van der Waals surface area (Å²) in [5.74, 6) is 2.00. The van der Waals surface area contributed by atoms with Gasteiger partial charge in [-0.05, 0) is 34.3 Å². The summed E-state index contributed by atoms with van der Waals surface area (Å²) in [4.78, 5) is 8.75. The van der Waals surface area contributed by atoms with Crippen LogP contribution in [0.3, 0.4) is 0 Å². The quantitative estimate of drug-likeness (QED) is 0.606. The lowest BCUT2D eigenvalue weighted by Crippen LogP contribution is -2.19. The molecular weight excluding hydrogens is 409 g/mol. The molecular formula is C14H16BrF3N4OS. The van der Waals surface area contributed by atoms with Gasteiger partial charge in [0.15, 0.2) is 11.6 Å². The molecule has 2 aromatic heterocycles. The Morgan fingerprint density at radius 1 is 1.38 bits per heavy atom. The van der Waals surface area contributed by atoms with Crippen LogP contribution in [-0.4, -0.2) is 51.1 Å². The second-order valence-electron chi connectivity index (χ2n) is 4.82. The van der Waals surface area contributed by atoms with E-state index >= 15 is 0 Å². The van der Waals surface area contributed by atoms with Gasteiger partial charge < -0.3 is 4.74 Å². The highest BCUT2D eigenvalue weighted by Gasteiger charge is 2.27. The maximum atomic E-state index is 12.1. The Morgan fingerprint density at radius 2 is 2.17 bits per heavy atom. The zero-order valence-electron chi connectivity index (χ0n) is 12.9. The number of hydrogen-bond acceptors (Lipinski definition) is 5. The molecule has 132 valence electrons. The second kappa shape index (κ2) is 8.82. The summed E-state index contributed by atoms with van der Waals surface area (Å²) < 4.78 is 43.4. The fourth-order valence-corrected chi connectivity index (χ4v) is 2.73. The Morgan fingerprint density at radius 3 is 2.83 bits per heavy atom. The van der Waals surface area contributed by atoms with E-state index in [1.807, 2.05) is 12.3 Å². The Hall–Kier alpha value is -1.13. The van der Waals surface area contributed by atoms with Gasteiger partial charge >= 0.3 is 6.18 Å². The van der Waals surface area contributed by atoms with Crippen LogP contribution in [0.15, 0.2) is 22.8 Å². The highest BCUT2D eigenvalue weighted by Crippen LogP contribution is 2.24. The molecule has 2 aromatic rings. The largest absolute Gasteiger partial charge is 0.411 e. The van der Waals surface area contributed by atoms with Gasteiger partial charge in [0.25, 0.3) is 0 Å².